The fourth-order valence-electron chi connectivity index (χ4n) is 3.50. The molecule has 3 rings (SSSR count). The SMILES string of the molecule is CN(C)c1ccc(NC(=O)Nc2cccc(C(F)(F)F)c2)cc1C(=O)NCCN1CCOCC1. The van der Waals surface area contributed by atoms with Crippen LogP contribution in [0.1, 0.15) is 15.9 Å². The van der Waals surface area contributed by atoms with Crippen LogP contribution in [0.5, 0.6) is 0 Å². The molecule has 0 atom stereocenters. The molecule has 8 nitrogen and oxygen atoms in total. The molecular weight excluding hydrogens is 451 g/mol. The third-order valence-electron chi connectivity index (χ3n) is 5.25. The van der Waals surface area contributed by atoms with Crippen LogP contribution in [0, 0.1) is 0 Å². The van der Waals surface area contributed by atoms with Gasteiger partial charge in [-0.2, -0.15) is 13.2 Å². The van der Waals surface area contributed by atoms with Gasteiger partial charge in [-0.25, -0.2) is 4.79 Å². The van der Waals surface area contributed by atoms with Gasteiger partial charge in [-0.15, -0.1) is 0 Å². The van der Waals surface area contributed by atoms with Crippen LogP contribution < -0.4 is 20.9 Å². The summed E-state index contributed by atoms with van der Waals surface area (Å²) in [7, 11) is 3.60. The van der Waals surface area contributed by atoms with Crippen LogP contribution >= 0.6 is 0 Å². The van der Waals surface area contributed by atoms with E-state index in [1.165, 1.54) is 18.2 Å². The molecule has 0 bridgehead atoms. The number of amides is 3. The second-order valence-electron chi connectivity index (χ2n) is 7.99. The maximum atomic E-state index is 12.9. The Morgan fingerprint density at radius 3 is 2.35 bits per heavy atom. The van der Waals surface area contributed by atoms with Gasteiger partial charge in [0.25, 0.3) is 5.91 Å². The van der Waals surface area contributed by atoms with Crippen molar-refractivity contribution in [2.75, 3.05) is 69.0 Å². The standard InChI is InChI=1S/C23H28F3N5O3/c1-30(2)20-7-6-18(15-19(20)21(32)27-8-9-31-10-12-34-13-11-31)29-22(33)28-17-5-3-4-16(14-17)23(24,25)26/h3-7,14-15H,8-13H2,1-2H3,(H,27,32)(H2,28,29,33). The predicted octanol–water partition coefficient (Wildman–Crippen LogP) is 3.48. The van der Waals surface area contributed by atoms with Gasteiger partial charge in [0.2, 0.25) is 0 Å². The van der Waals surface area contributed by atoms with E-state index < -0.39 is 17.8 Å². The number of nitrogens with zero attached hydrogens (tertiary/aromatic N) is 2. The molecule has 0 radical (unpaired) electrons. The first kappa shape index (κ1) is 25.3. The third-order valence-corrected chi connectivity index (χ3v) is 5.25. The average molecular weight is 480 g/mol. The summed E-state index contributed by atoms with van der Waals surface area (Å²) >= 11 is 0. The van der Waals surface area contributed by atoms with Crippen molar-refractivity contribution in [1.29, 1.82) is 0 Å². The number of anilines is 3. The number of nitrogens with one attached hydrogen (secondary N) is 3. The summed E-state index contributed by atoms with van der Waals surface area (Å²) in [6.07, 6.45) is -4.51. The van der Waals surface area contributed by atoms with Crippen LogP contribution in [0.3, 0.4) is 0 Å². The van der Waals surface area contributed by atoms with Crippen LogP contribution in [0.2, 0.25) is 0 Å². The molecule has 0 unspecified atom stereocenters. The van der Waals surface area contributed by atoms with Gasteiger partial charge in [-0.05, 0) is 36.4 Å². The second kappa shape index (κ2) is 11.2. The van der Waals surface area contributed by atoms with E-state index in [1.54, 1.807) is 31.1 Å². The molecule has 1 saturated heterocycles. The van der Waals surface area contributed by atoms with Crippen molar-refractivity contribution in [2.45, 2.75) is 6.18 Å². The van der Waals surface area contributed by atoms with E-state index in [0.29, 0.717) is 43.2 Å². The largest absolute Gasteiger partial charge is 0.416 e. The Bertz CT molecular complexity index is 1010. The van der Waals surface area contributed by atoms with Crippen molar-refractivity contribution < 1.29 is 27.5 Å². The zero-order chi connectivity index (χ0) is 24.7. The highest BCUT2D eigenvalue weighted by atomic mass is 19.4. The maximum absolute atomic E-state index is 12.9. The third kappa shape index (κ3) is 7.09. The molecular formula is C23H28F3N5O3. The lowest BCUT2D eigenvalue weighted by Crippen LogP contribution is -2.41. The highest BCUT2D eigenvalue weighted by molar-refractivity contribution is 6.04. The van der Waals surface area contributed by atoms with E-state index in [4.69, 9.17) is 4.74 Å². The normalized spacial score (nSPS) is 14.4. The first-order valence-electron chi connectivity index (χ1n) is 10.8. The summed E-state index contributed by atoms with van der Waals surface area (Å²) in [5.74, 6) is -0.293. The van der Waals surface area contributed by atoms with Crippen molar-refractivity contribution in [3.63, 3.8) is 0 Å². The second-order valence-corrected chi connectivity index (χ2v) is 7.99. The smallest absolute Gasteiger partial charge is 0.379 e. The quantitative estimate of drug-likeness (QED) is 0.566. The van der Waals surface area contributed by atoms with E-state index >= 15 is 0 Å². The maximum Gasteiger partial charge on any atom is 0.416 e. The minimum absolute atomic E-state index is 0.00156. The number of alkyl halides is 3. The lowest BCUT2D eigenvalue weighted by atomic mass is 10.1. The van der Waals surface area contributed by atoms with Crippen molar-refractivity contribution in [2.24, 2.45) is 0 Å². The van der Waals surface area contributed by atoms with Gasteiger partial charge in [0.1, 0.15) is 0 Å². The fraction of sp³-hybridized carbons (Fsp3) is 0.391. The molecule has 0 aromatic heterocycles. The Morgan fingerprint density at radius 1 is 1.03 bits per heavy atom. The van der Waals surface area contributed by atoms with Gasteiger partial charge in [-0.1, -0.05) is 6.07 Å². The highest BCUT2D eigenvalue weighted by Crippen LogP contribution is 2.30. The molecule has 1 aliphatic heterocycles. The van der Waals surface area contributed by atoms with Gasteiger partial charge in [0, 0.05) is 57.3 Å². The Kier molecular flexibility index (Phi) is 8.35. The molecule has 3 amide bonds. The lowest BCUT2D eigenvalue weighted by molar-refractivity contribution is -0.137. The average Bonchev–Trinajstić information content (AvgIpc) is 2.79. The predicted molar refractivity (Wildman–Crippen MR) is 124 cm³/mol. The van der Waals surface area contributed by atoms with Gasteiger partial charge in [0.15, 0.2) is 0 Å². The van der Waals surface area contributed by atoms with Crippen molar-refractivity contribution in [1.82, 2.24) is 10.2 Å². The summed E-state index contributed by atoms with van der Waals surface area (Å²) in [5, 5.41) is 7.85. The summed E-state index contributed by atoms with van der Waals surface area (Å²) in [6.45, 7) is 4.14. The monoisotopic (exact) mass is 479 g/mol. The molecule has 11 heteroatoms. The van der Waals surface area contributed by atoms with E-state index in [9.17, 15) is 22.8 Å². The fourth-order valence-corrected chi connectivity index (χ4v) is 3.50. The topological polar surface area (TPSA) is 85.9 Å². The van der Waals surface area contributed by atoms with Gasteiger partial charge in [0.05, 0.1) is 24.3 Å². The number of ether oxygens (including phenoxy) is 1. The van der Waals surface area contributed by atoms with Crippen LogP contribution in [-0.2, 0) is 10.9 Å². The Balaban J connectivity index is 1.65. The van der Waals surface area contributed by atoms with Crippen LogP contribution in [-0.4, -0.2) is 70.3 Å². The van der Waals surface area contributed by atoms with E-state index in [-0.39, 0.29) is 11.6 Å². The van der Waals surface area contributed by atoms with Gasteiger partial charge in [-0.3, -0.25) is 9.69 Å². The zero-order valence-corrected chi connectivity index (χ0v) is 19.0. The minimum Gasteiger partial charge on any atom is -0.379 e. The number of rotatable bonds is 7. The summed E-state index contributed by atoms with van der Waals surface area (Å²) in [5.41, 5.74) is 0.486. The molecule has 3 N–H and O–H groups in total. The molecule has 1 aliphatic rings. The minimum atomic E-state index is -4.51. The summed E-state index contributed by atoms with van der Waals surface area (Å²) < 4.78 is 44.0. The van der Waals surface area contributed by atoms with E-state index in [1.807, 2.05) is 0 Å². The first-order valence-corrected chi connectivity index (χ1v) is 10.8. The first-order chi connectivity index (χ1) is 16.1. The molecule has 184 valence electrons. The number of hydrogen-bond donors (Lipinski definition) is 3. The number of carbonyl (C=O) groups is 2. The number of carbonyl (C=O) groups excluding carboxylic acids is 2. The number of hydrogen-bond acceptors (Lipinski definition) is 5. The summed E-state index contributed by atoms with van der Waals surface area (Å²) in [4.78, 5) is 29.2. The van der Waals surface area contributed by atoms with Crippen molar-refractivity contribution in [3.8, 4) is 0 Å². The van der Waals surface area contributed by atoms with Crippen molar-refractivity contribution in [3.05, 3.63) is 53.6 Å². The molecule has 0 spiro atoms. The Labute approximate surface area is 196 Å². The zero-order valence-electron chi connectivity index (χ0n) is 19.0. The molecule has 1 fully saturated rings. The molecule has 0 aliphatic carbocycles. The number of urea groups is 1. The molecule has 0 saturated carbocycles. The van der Waals surface area contributed by atoms with Crippen molar-refractivity contribution >= 4 is 29.0 Å². The lowest BCUT2D eigenvalue weighted by Gasteiger charge is -2.26. The number of morpholine rings is 1. The van der Waals surface area contributed by atoms with Crippen LogP contribution in [0.25, 0.3) is 0 Å². The molecule has 2 aromatic rings. The van der Waals surface area contributed by atoms with Gasteiger partial charge >= 0.3 is 12.2 Å². The molecule has 34 heavy (non-hydrogen) atoms. The van der Waals surface area contributed by atoms with E-state index in [0.717, 1.165) is 25.2 Å². The molecule has 2 aromatic carbocycles. The summed E-state index contributed by atoms with van der Waals surface area (Å²) in [6, 6.07) is 8.46. The molecule has 1 heterocycles. The van der Waals surface area contributed by atoms with Gasteiger partial charge < -0.3 is 25.6 Å². The number of halogens is 3. The Morgan fingerprint density at radius 2 is 1.71 bits per heavy atom. The van der Waals surface area contributed by atoms with E-state index in [2.05, 4.69) is 20.9 Å². The van der Waals surface area contributed by atoms with Crippen LogP contribution in [0.15, 0.2) is 42.5 Å². The van der Waals surface area contributed by atoms with Crippen LogP contribution in [0.4, 0.5) is 35.0 Å². The number of benzene rings is 2. The Hall–Kier alpha value is -3.31. The highest BCUT2D eigenvalue weighted by Gasteiger charge is 2.30.